The first-order valence-corrected chi connectivity index (χ1v) is 15.1. The van der Waals surface area contributed by atoms with Crippen molar-refractivity contribution < 1.29 is 21.6 Å². The van der Waals surface area contributed by atoms with Crippen LogP contribution in [-0.4, -0.2) is 75.9 Å². The van der Waals surface area contributed by atoms with Crippen molar-refractivity contribution in [2.45, 2.75) is 77.2 Å². The van der Waals surface area contributed by atoms with Gasteiger partial charge < -0.3 is 10.2 Å². The predicted molar refractivity (Wildman–Crippen MR) is 151 cm³/mol. The van der Waals surface area contributed by atoms with Crippen LogP contribution in [0.2, 0.25) is 0 Å². The summed E-state index contributed by atoms with van der Waals surface area (Å²) in [4.78, 5) is 33.7. The fourth-order valence-electron chi connectivity index (χ4n) is 4.97. The molecule has 0 aliphatic heterocycles. The first-order valence-electron chi connectivity index (χ1n) is 13.4. The number of aromatic nitrogens is 5. The van der Waals surface area contributed by atoms with Gasteiger partial charge in [0.2, 0.25) is 16.0 Å². The van der Waals surface area contributed by atoms with Crippen LogP contribution in [0.4, 0.5) is 24.9 Å². The van der Waals surface area contributed by atoms with Gasteiger partial charge in [-0.15, -0.1) is 0 Å². The highest BCUT2D eigenvalue weighted by Crippen LogP contribution is 2.26. The molecule has 3 aromatic heterocycles. The number of hydrogen-bond donors (Lipinski definition) is 2. The molecular formula is C26H35F3N8O3S. The fraction of sp³-hybridized carbons (Fsp3) is 0.577. The van der Waals surface area contributed by atoms with E-state index in [1.54, 1.807) is 13.1 Å². The van der Waals surface area contributed by atoms with E-state index in [9.17, 15) is 26.4 Å². The number of hydrogen-bond acceptors (Lipinski definition) is 9. The SMILES string of the molecule is Cc1nc(NS(=O)(=O)CCC(F)(F)F)ccc1-c1nc2cnc(N[C@H]3CC[C@H](N(C)C)CC3)nc2n(C(C)C)c1=O. The van der Waals surface area contributed by atoms with Crippen LogP contribution in [-0.2, 0) is 10.0 Å². The Morgan fingerprint density at radius 1 is 1.10 bits per heavy atom. The summed E-state index contributed by atoms with van der Waals surface area (Å²) in [6.45, 7) is 5.26. The van der Waals surface area contributed by atoms with Crippen molar-refractivity contribution in [1.29, 1.82) is 0 Å². The molecule has 1 aliphatic rings. The van der Waals surface area contributed by atoms with E-state index in [4.69, 9.17) is 0 Å². The highest BCUT2D eigenvalue weighted by molar-refractivity contribution is 7.92. The first kappa shape index (κ1) is 30.6. The molecule has 1 fully saturated rings. The van der Waals surface area contributed by atoms with Crippen LogP contribution >= 0.6 is 0 Å². The van der Waals surface area contributed by atoms with E-state index in [2.05, 4.69) is 49.0 Å². The van der Waals surface area contributed by atoms with Gasteiger partial charge in [0.05, 0.1) is 18.4 Å². The molecule has 224 valence electrons. The molecule has 15 heteroatoms. The van der Waals surface area contributed by atoms with Gasteiger partial charge in [-0.25, -0.2) is 23.4 Å². The molecule has 11 nitrogen and oxygen atoms in total. The third-order valence-corrected chi connectivity index (χ3v) is 8.43. The van der Waals surface area contributed by atoms with Crippen molar-refractivity contribution in [2.75, 3.05) is 29.9 Å². The quantitative estimate of drug-likeness (QED) is 0.374. The normalized spacial score (nSPS) is 18.3. The van der Waals surface area contributed by atoms with E-state index in [0.717, 1.165) is 25.7 Å². The Morgan fingerprint density at radius 3 is 2.37 bits per heavy atom. The number of aryl methyl sites for hydroxylation is 1. The molecule has 0 amide bonds. The van der Waals surface area contributed by atoms with Crippen LogP contribution in [0.3, 0.4) is 0 Å². The monoisotopic (exact) mass is 596 g/mol. The van der Waals surface area contributed by atoms with Crippen molar-refractivity contribution in [1.82, 2.24) is 29.4 Å². The molecule has 3 heterocycles. The minimum atomic E-state index is -4.61. The highest BCUT2D eigenvalue weighted by Gasteiger charge is 2.30. The molecule has 0 atom stereocenters. The van der Waals surface area contributed by atoms with Crippen molar-refractivity contribution >= 4 is 33.0 Å². The van der Waals surface area contributed by atoms with Gasteiger partial charge in [0.15, 0.2) is 5.65 Å². The number of rotatable bonds is 9. The second-order valence-electron chi connectivity index (χ2n) is 10.9. The van der Waals surface area contributed by atoms with E-state index < -0.39 is 33.9 Å². The van der Waals surface area contributed by atoms with Gasteiger partial charge in [0.1, 0.15) is 17.0 Å². The molecule has 0 aromatic carbocycles. The van der Waals surface area contributed by atoms with Crippen molar-refractivity contribution in [3.63, 3.8) is 0 Å². The topological polar surface area (TPSA) is 135 Å². The molecule has 0 spiro atoms. The molecule has 4 rings (SSSR count). The third kappa shape index (κ3) is 7.50. The van der Waals surface area contributed by atoms with Crippen LogP contribution in [0.1, 0.15) is 57.7 Å². The Morgan fingerprint density at radius 2 is 1.78 bits per heavy atom. The summed E-state index contributed by atoms with van der Waals surface area (Å²) in [6, 6.07) is 3.27. The summed E-state index contributed by atoms with van der Waals surface area (Å²) in [5, 5.41) is 3.40. The Bertz CT molecular complexity index is 1570. The second-order valence-corrected chi connectivity index (χ2v) is 12.7. The second kappa shape index (κ2) is 11.9. The highest BCUT2D eigenvalue weighted by atomic mass is 32.2. The van der Waals surface area contributed by atoms with Crippen LogP contribution in [0.5, 0.6) is 0 Å². The van der Waals surface area contributed by atoms with E-state index in [-0.39, 0.29) is 29.3 Å². The van der Waals surface area contributed by atoms with Gasteiger partial charge in [-0.2, -0.15) is 18.2 Å². The molecular weight excluding hydrogens is 561 g/mol. The Hall–Kier alpha value is -3.33. The fourth-order valence-corrected chi connectivity index (χ4v) is 6.01. The van der Waals surface area contributed by atoms with Gasteiger partial charge >= 0.3 is 6.18 Å². The average molecular weight is 597 g/mol. The van der Waals surface area contributed by atoms with Gasteiger partial charge in [-0.05, 0) is 72.7 Å². The number of halogens is 3. The van der Waals surface area contributed by atoms with E-state index in [1.165, 1.54) is 16.7 Å². The van der Waals surface area contributed by atoms with Gasteiger partial charge in [-0.1, -0.05) is 0 Å². The smallest absolute Gasteiger partial charge is 0.351 e. The summed E-state index contributed by atoms with van der Waals surface area (Å²) < 4.78 is 65.2. The summed E-state index contributed by atoms with van der Waals surface area (Å²) >= 11 is 0. The number of pyridine rings is 1. The standard InChI is InChI=1S/C26H35F3N8O3S/c1-15(2)37-23-20(14-30-25(34-23)32-17-6-8-18(9-7-17)36(4)5)33-22(24(37)38)19-10-11-21(31-16(19)3)35-41(39,40)13-12-26(27,28)29/h10-11,14-15,17-18H,6-9,12-13H2,1-5H3,(H,31,35)(H,30,32,34)/t17-,18-. The minimum Gasteiger partial charge on any atom is -0.351 e. The van der Waals surface area contributed by atoms with Crippen molar-refractivity contribution in [2.24, 2.45) is 0 Å². The number of anilines is 2. The molecule has 2 N–H and O–H groups in total. The molecule has 0 unspecified atom stereocenters. The Kier molecular flexibility index (Phi) is 8.87. The van der Waals surface area contributed by atoms with Crippen molar-refractivity contribution in [3.8, 4) is 11.3 Å². The van der Waals surface area contributed by atoms with Crippen LogP contribution in [0, 0.1) is 6.92 Å². The maximum Gasteiger partial charge on any atom is 0.390 e. The van der Waals surface area contributed by atoms with Crippen LogP contribution < -0.4 is 15.6 Å². The zero-order valence-electron chi connectivity index (χ0n) is 23.7. The molecule has 1 saturated carbocycles. The lowest BCUT2D eigenvalue weighted by Crippen LogP contribution is -2.36. The zero-order chi connectivity index (χ0) is 30.1. The average Bonchev–Trinajstić information content (AvgIpc) is 2.87. The van der Waals surface area contributed by atoms with Gasteiger partial charge in [0.25, 0.3) is 5.56 Å². The molecule has 0 radical (unpaired) electrons. The lowest BCUT2D eigenvalue weighted by molar-refractivity contribution is -0.129. The van der Waals surface area contributed by atoms with E-state index in [0.29, 0.717) is 28.7 Å². The summed E-state index contributed by atoms with van der Waals surface area (Å²) in [7, 11) is -0.0959. The maximum absolute atomic E-state index is 13.6. The number of alkyl halides is 3. The van der Waals surface area contributed by atoms with E-state index in [1.807, 2.05) is 13.8 Å². The number of sulfonamides is 1. The zero-order valence-corrected chi connectivity index (χ0v) is 24.5. The third-order valence-electron chi connectivity index (χ3n) is 7.16. The predicted octanol–water partition coefficient (Wildman–Crippen LogP) is 4.12. The molecule has 3 aromatic rings. The van der Waals surface area contributed by atoms with Gasteiger partial charge in [-0.3, -0.25) is 14.1 Å². The number of nitrogens with one attached hydrogen (secondary N) is 2. The molecule has 1 aliphatic carbocycles. The Labute approximate surface area is 236 Å². The minimum absolute atomic E-state index is 0.0778. The number of fused-ring (bicyclic) bond motifs is 1. The number of nitrogens with zero attached hydrogens (tertiary/aromatic N) is 6. The molecule has 0 bridgehead atoms. The molecule has 41 heavy (non-hydrogen) atoms. The van der Waals surface area contributed by atoms with Crippen LogP contribution in [0.15, 0.2) is 23.1 Å². The maximum atomic E-state index is 13.6. The van der Waals surface area contributed by atoms with E-state index >= 15 is 0 Å². The summed E-state index contributed by atoms with van der Waals surface area (Å²) in [5.41, 5.74) is 1.07. The van der Waals surface area contributed by atoms with Crippen molar-refractivity contribution in [3.05, 3.63) is 34.4 Å². The molecule has 0 saturated heterocycles. The summed E-state index contributed by atoms with van der Waals surface area (Å²) in [5.74, 6) is -0.857. The lowest BCUT2D eigenvalue weighted by atomic mass is 9.91. The lowest BCUT2D eigenvalue weighted by Gasteiger charge is -2.32. The van der Waals surface area contributed by atoms with Crippen LogP contribution in [0.25, 0.3) is 22.4 Å². The first-order chi connectivity index (χ1) is 19.1. The van der Waals surface area contributed by atoms with Gasteiger partial charge in [0, 0.05) is 29.4 Å². The largest absolute Gasteiger partial charge is 0.390 e. The Balaban J connectivity index is 1.62. The summed E-state index contributed by atoms with van der Waals surface area (Å²) in [6.07, 6.45) is -0.414.